The Morgan fingerprint density at radius 2 is 2.23 bits per heavy atom. The third kappa shape index (κ3) is 9.99. The summed E-state index contributed by atoms with van der Waals surface area (Å²) in [5.41, 5.74) is 0. The predicted octanol–water partition coefficient (Wildman–Crippen LogP) is 0.770. The van der Waals surface area contributed by atoms with Crippen LogP contribution in [0.2, 0.25) is 0 Å². The Morgan fingerprint density at radius 3 is 2.77 bits per heavy atom. The summed E-state index contributed by atoms with van der Waals surface area (Å²) in [4.78, 5) is 0. The molecule has 2 atom stereocenters. The molecule has 0 aliphatic heterocycles. The lowest BCUT2D eigenvalue weighted by Gasteiger charge is -2.12. The average Bonchev–Trinajstić information content (AvgIpc) is 2.09. The number of nitrogens with one attached hydrogen (secondary N) is 1. The van der Waals surface area contributed by atoms with Crippen molar-refractivity contribution in [3.63, 3.8) is 0 Å². The van der Waals surface area contributed by atoms with E-state index in [9.17, 15) is 4.21 Å². The predicted molar refractivity (Wildman–Crippen MR) is 57.5 cm³/mol. The van der Waals surface area contributed by atoms with Crippen molar-refractivity contribution in [3.8, 4) is 0 Å². The molecule has 80 valence electrons. The summed E-state index contributed by atoms with van der Waals surface area (Å²) in [7, 11) is -0.666. The standard InChI is InChI=1S/C9H21NO2S/c1-4-12-7-6-10-9(2)5-8-13(3)11/h9-10H,4-8H2,1-3H3. The zero-order valence-electron chi connectivity index (χ0n) is 8.84. The molecule has 0 saturated carbocycles. The molecule has 2 unspecified atom stereocenters. The monoisotopic (exact) mass is 207 g/mol. The van der Waals surface area contributed by atoms with Gasteiger partial charge in [-0.3, -0.25) is 4.21 Å². The lowest BCUT2D eigenvalue weighted by atomic mass is 10.2. The minimum atomic E-state index is -0.666. The zero-order valence-corrected chi connectivity index (χ0v) is 9.65. The highest BCUT2D eigenvalue weighted by Crippen LogP contribution is 1.91. The van der Waals surface area contributed by atoms with Gasteiger partial charge in [0.25, 0.3) is 0 Å². The minimum Gasteiger partial charge on any atom is -0.380 e. The Labute approximate surface area is 83.7 Å². The van der Waals surface area contributed by atoms with Crippen molar-refractivity contribution in [2.24, 2.45) is 0 Å². The van der Waals surface area contributed by atoms with Crippen LogP contribution in [0.5, 0.6) is 0 Å². The van der Waals surface area contributed by atoms with Crippen LogP contribution in [0.3, 0.4) is 0 Å². The van der Waals surface area contributed by atoms with Crippen LogP contribution in [0.15, 0.2) is 0 Å². The Morgan fingerprint density at radius 1 is 1.54 bits per heavy atom. The molecule has 0 aromatic carbocycles. The van der Waals surface area contributed by atoms with Crippen molar-refractivity contribution in [1.82, 2.24) is 5.32 Å². The molecule has 0 heterocycles. The van der Waals surface area contributed by atoms with E-state index in [0.29, 0.717) is 6.04 Å². The molecule has 0 aromatic heterocycles. The van der Waals surface area contributed by atoms with Crippen molar-refractivity contribution >= 4 is 10.8 Å². The van der Waals surface area contributed by atoms with Crippen LogP contribution in [-0.2, 0) is 15.5 Å². The average molecular weight is 207 g/mol. The Kier molecular flexibility index (Phi) is 8.71. The first-order valence-electron chi connectivity index (χ1n) is 4.78. The van der Waals surface area contributed by atoms with E-state index in [0.717, 1.165) is 31.9 Å². The number of rotatable bonds is 8. The van der Waals surface area contributed by atoms with Crippen molar-refractivity contribution < 1.29 is 8.95 Å². The molecule has 1 N–H and O–H groups in total. The molecule has 0 bridgehead atoms. The topological polar surface area (TPSA) is 38.3 Å². The first-order chi connectivity index (χ1) is 6.16. The van der Waals surface area contributed by atoms with E-state index in [-0.39, 0.29) is 0 Å². The maximum atomic E-state index is 10.8. The van der Waals surface area contributed by atoms with Gasteiger partial charge in [0.2, 0.25) is 0 Å². The van der Waals surface area contributed by atoms with Gasteiger partial charge >= 0.3 is 0 Å². The summed E-state index contributed by atoms with van der Waals surface area (Å²) < 4.78 is 16.0. The SMILES string of the molecule is CCOCCNC(C)CCS(C)=O. The van der Waals surface area contributed by atoms with Crippen molar-refractivity contribution in [1.29, 1.82) is 0 Å². The summed E-state index contributed by atoms with van der Waals surface area (Å²) >= 11 is 0. The molecular weight excluding hydrogens is 186 g/mol. The van der Waals surface area contributed by atoms with Gasteiger partial charge in [-0.2, -0.15) is 0 Å². The second-order valence-electron chi connectivity index (χ2n) is 3.12. The summed E-state index contributed by atoms with van der Waals surface area (Å²) in [6.45, 7) is 6.51. The van der Waals surface area contributed by atoms with Gasteiger partial charge in [0.05, 0.1) is 6.61 Å². The number of hydrogen-bond donors (Lipinski definition) is 1. The molecule has 0 rings (SSSR count). The molecule has 0 aliphatic carbocycles. The Balaban J connectivity index is 3.19. The number of ether oxygens (including phenoxy) is 1. The fraction of sp³-hybridized carbons (Fsp3) is 1.00. The second kappa shape index (κ2) is 8.66. The highest BCUT2D eigenvalue weighted by Gasteiger charge is 2.01. The molecule has 0 aromatic rings. The first kappa shape index (κ1) is 13.1. The molecule has 3 nitrogen and oxygen atoms in total. The molecule has 0 aliphatic rings. The van der Waals surface area contributed by atoms with Gasteiger partial charge in [-0.1, -0.05) is 0 Å². The van der Waals surface area contributed by atoms with E-state index in [2.05, 4.69) is 12.2 Å². The maximum Gasteiger partial charge on any atom is 0.0590 e. The van der Waals surface area contributed by atoms with Gasteiger partial charge < -0.3 is 10.1 Å². The summed E-state index contributed by atoms with van der Waals surface area (Å²) in [6, 6.07) is 0.435. The van der Waals surface area contributed by atoms with E-state index in [1.165, 1.54) is 0 Å². The molecule has 0 fully saturated rings. The van der Waals surface area contributed by atoms with Crippen LogP contribution >= 0.6 is 0 Å². The van der Waals surface area contributed by atoms with E-state index < -0.39 is 10.8 Å². The highest BCUT2D eigenvalue weighted by atomic mass is 32.2. The van der Waals surface area contributed by atoms with Gasteiger partial charge in [-0.15, -0.1) is 0 Å². The van der Waals surface area contributed by atoms with Crippen LogP contribution in [-0.4, -0.2) is 42.0 Å². The van der Waals surface area contributed by atoms with Gasteiger partial charge in [-0.25, -0.2) is 0 Å². The van der Waals surface area contributed by atoms with Gasteiger partial charge in [0, 0.05) is 42.0 Å². The van der Waals surface area contributed by atoms with Crippen LogP contribution in [0, 0.1) is 0 Å². The highest BCUT2D eigenvalue weighted by molar-refractivity contribution is 7.84. The molecule has 0 radical (unpaired) electrons. The van der Waals surface area contributed by atoms with Crippen molar-refractivity contribution in [3.05, 3.63) is 0 Å². The Bertz CT molecular complexity index is 142. The summed E-state index contributed by atoms with van der Waals surface area (Å²) in [5.74, 6) is 0.781. The van der Waals surface area contributed by atoms with E-state index in [1.54, 1.807) is 6.26 Å². The van der Waals surface area contributed by atoms with Crippen LogP contribution in [0.4, 0.5) is 0 Å². The van der Waals surface area contributed by atoms with Crippen LogP contribution in [0.1, 0.15) is 20.3 Å². The lowest BCUT2D eigenvalue weighted by Crippen LogP contribution is -2.30. The molecule has 0 saturated heterocycles. The third-order valence-corrected chi connectivity index (χ3v) is 2.59. The Hall–Kier alpha value is 0.0700. The summed E-state index contributed by atoms with van der Waals surface area (Å²) in [5, 5.41) is 3.31. The van der Waals surface area contributed by atoms with Gasteiger partial charge in [-0.05, 0) is 20.3 Å². The normalized spacial score (nSPS) is 15.6. The molecule has 0 spiro atoms. The summed E-state index contributed by atoms with van der Waals surface area (Å²) in [6.07, 6.45) is 2.71. The van der Waals surface area contributed by atoms with Crippen molar-refractivity contribution in [2.75, 3.05) is 31.8 Å². The zero-order chi connectivity index (χ0) is 10.1. The molecule has 0 amide bonds. The largest absolute Gasteiger partial charge is 0.380 e. The van der Waals surface area contributed by atoms with E-state index >= 15 is 0 Å². The maximum absolute atomic E-state index is 10.8. The van der Waals surface area contributed by atoms with Crippen molar-refractivity contribution in [2.45, 2.75) is 26.3 Å². The molecular formula is C9H21NO2S. The van der Waals surface area contributed by atoms with E-state index in [4.69, 9.17) is 4.74 Å². The third-order valence-electron chi connectivity index (χ3n) is 1.78. The quantitative estimate of drug-likeness (QED) is 0.598. The fourth-order valence-corrected chi connectivity index (χ4v) is 1.65. The minimum absolute atomic E-state index is 0.435. The first-order valence-corrected chi connectivity index (χ1v) is 6.50. The lowest BCUT2D eigenvalue weighted by molar-refractivity contribution is 0.147. The van der Waals surface area contributed by atoms with Gasteiger partial charge in [0.1, 0.15) is 0 Å². The van der Waals surface area contributed by atoms with Crippen LogP contribution in [0.25, 0.3) is 0 Å². The van der Waals surface area contributed by atoms with Crippen LogP contribution < -0.4 is 5.32 Å². The van der Waals surface area contributed by atoms with E-state index in [1.807, 2.05) is 6.92 Å². The smallest absolute Gasteiger partial charge is 0.0590 e. The molecule has 4 heteroatoms. The fourth-order valence-electron chi connectivity index (χ4n) is 0.967. The molecule has 13 heavy (non-hydrogen) atoms. The van der Waals surface area contributed by atoms with Gasteiger partial charge in [0.15, 0.2) is 0 Å². The number of hydrogen-bond acceptors (Lipinski definition) is 3. The second-order valence-corrected chi connectivity index (χ2v) is 4.67.